The molecule has 1 heterocycles. The van der Waals surface area contributed by atoms with Gasteiger partial charge in [0, 0.05) is 11.1 Å². The highest BCUT2D eigenvalue weighted by molar-refractivity contribution is 7.91. The van der Waals surface area contributed by atoms with E-state index >= 15 is 0 Å². The lowest BCUT2D eigenvalue weighted by molar-refractivity contribution is -0.135. The maximum absolute atomic E-state index is 12.5. The van der Waals surface area contributed by atoms with Crippen LogP contribution in [0.3, 0.4) is 0 Å². The van der Waals surface area contributed by atoms with Crippen molar-refractivity contribution in [3.05, 3.63) is 84.6 Å². The van der Waals surface area contributed by atoms with E-state index in [2.05, 4.69) is 10.6 Å². The van der Waals surface area contributed by atoms with Crippen molar-refractivity contribution >= 4 is 38.4 Å². The lowest BCUT2D eigenvalue weighted by Crippen LogP contribution is -2.28. The number of carbonyl (C=O) groups is 2. The van der Waals surface area contributed by atoms with E-state index in [1.807, 2.05) is 30.3 Å². The summed E-state index contributed by atoms with van der Waals surface area (Å²) >= 11 is 0. The molecule has 1 aromatic heterocycles. The quantitative estimate of drug-likeness (QED) is 0.362. The summed E-state index contributed by atoms with van der Waals surface area (Å²) in [6.07, 6.45) is 0. The summed E-state index contributed by atoms with van der Waals surface area (Å²) in [4.78, 5) is 23.1. The molecule has 0 aliphatic carbocycles. The summed E-state index contributed by atoms with van der Waals surface area (Å²) < 4.78 is 30.1. The molecule has 4 rings (SSSR count). The van der Waals surface area contributed by atoms with E-state index in [4.69, 9.17) is 9.52 Å². The number of para-hydroxylation sites is 1. The molecular weight excluding hydrogens is 444 g/mol. The van der Waals surface area contributed by atoms with Crippen LogP contribution in [0, 0.1) is 0 Å². The lowest BCUT2D eigenvalue weighted by atomic mass is 10.1. The molecule has 0 bridgehead atoms. The van der Waals surface area contributed by atoms with Crippen molar-refractivity contribution < 1.29 is 27.5 Å². The maximum Gasteiger partial charge on any atom is 0.317 e. The Morgan fingerprint density at radius 2 is 1.52 bits per heavy atom. The number of amides is 1. The zero-order valence-corrected chi connectivity index (χ0v) is 18.1. The molecule has 0 aliphatic rings. The van der Waals surface area contributed by atoms with Gasteiger partial charge in [-0.15, -0.1) is 0 Å². The molecule has 168 valence electrons. The van der Waals surface area contributed by atoms with Gasteiger partial charge < -0.3 is 14.8 Å². The van der Waals surface area contributed by atoms with Gasteiger partial charge >= 0.3 is 5.97 Å². The zero-order chi connectivity index (χ0) is 23.4. The Morgan fingerprint density at radius 3 is 2.15 bits per heavy atom. The first-order valence-electron chi connectivity index (χ1n) is 9.97. The Hall–Kier alpha value is -3.95. The Bertz CT molecular complexity index is 1370. The Balaban J connectivity index is 1.42. The number of furan rings is 1. The number of carboxylic acids is 1. The first-order valence-corrected chi connectivity index (χ1v) is 11.6. The molecule has 8 nitrogen and oxygen atoms in total. The molecular formula is C24H20N2O6S. The summed E-state index contributed by atoms with van der Waals surface area (Å²) in [5.41, 5.74) is 2.86. The van der Waals surface area contributed by atoms with Crippen LogP contribution in [-0.2, 0) is 14.6 Å². The van der Waals surface area contributed by atoms with Crippen LogP contribution in [0.2, 0.25) is 0 Å². The van der Waals surface area contributed by atoms with E-state index in [9.17, 15) is 18.0 Å². The van der Waals surface area contributed by atoms with E-state index in [1.165, 1.54) is 12.1 Å². The third-order valence-corrected chi connectivity index (χ3v) is 6.48. The topological polar surface area (TPSA) is 126 Å². The van der Waals surface area contributed by atoms with Crippen molar-refractivity contribution in [3.63, 3.8) is 0 Å². The zero-order valence-electron chi connectivity index (χ0n) is 17.3. The Labute approximate surface area is 189 Å². The number of aliphatic carboxylic acids is 1. The summed E-state index contributed by atoms with van der Waals surface area (Å²) in [5, 5.41) is 14.6. The first kappa shape index (κ1) is 22.3. The van der Waals surface area contributed by atoms with E-state index in [0.717, 1.165) is 16.5 Å². The van der Waals surface area contributed by atoms with Crippen molar-refractivity contribution in [2.75, 3.05) is 17.7 Å². The average Bonchev–Trinajstić information content (AvgIpc) is 3.24. The summed E-state index contributed by atoms with van der Waals surface area (Å²) in [5.74, 6) is -1.73. The number of carboxylic acid groups (broad SMARTS) is 1. The molecule has 4 aromatic rings. The number of fused-ring (bicyclic) bond motifs is 1. The van der Waals surface area contributed by atoms with E-state index < -0.39 is 28.2 Å². The summed E-state index contributed by atoms with van der Waals surface area (Å²) in [6, 6.07) is 22.5. The molecule has 0 radical (unpaired) electrons. The fraction of sp³-hybridized carbons (Fsp3) is 0.0833. The van der Waals surface area contributed by atoms with Gasteiger partial charge in [-0.25, -0.2) is 8.42 Å². The molecule has 0 saturated carbocycles. The van der Waals surface area contributed by atoms with Crippen molar-refractivity contribution in [1.82, 2.24) is 5.32 Å². The normalized spacial score (nSPS) is 11.4. The predicted molar refractivity (Wildman–Crippen MR) is 124 cm³/mol. The van der Waals surface area contributed by atoms with Crippen LogP contribution in [0.5, 0.6) is 0 Å². The molecule has 1 amide bonds. The molecule has 0 aliphatic heterocycles. The van der Waals surface area contributed by atoms with Crippen LogP contribution in [0.15, 0.2) is 88.2 Å². The minimum Gasteiger partial charge on any atom is -0.480 e. The number of sulfone groups is 1. The number of hydrogen-bond acceptors (Lipinski definition) is 6. The SMILES string of the molecule is O=C(O)CNCS(=O)(=O)c1ccc(-c2ccc(NC(=O)c3cc4ccccc4o3)cc2)cc1. The minimum atomic E-state index is -3.64. The average molecular weight is 464 g/mol. The van der Waals surface area contributed by atoms with Gasteiger partial charge in [-0.1, -0.05) is 42.5 Å². The fourth-order valence-corrected chi connectivity index (χ4v) is 4.35. The van der Waals surface area contributed by atoms with Crippen LogP contribution in [0.1, 0.15) is 10.6 Å². The summed E-state index contributed by atoms with van der Waals surface area (Å²) in [6.45, 7) is -0.434. The fourth-order valence-electron chi connectivity index (χ4n) is 3.26. The van der Waals surface area contributed by atoms with Gasteiger partial charge in [0.15, 0.2) is 15.6 Å². The number of rotatable bonds is 8. The van der Waals surface area contributed by atoms with Crippen molar-refractivity contribution in [1.29, 1.82) is 0 Å². The van der Waals surface area contributed by atoms with Crippen molar-refractivity contribution in [2.45, 2.75) is 4.90 Å². The third kappa shape index (κ3) is 5.28. The largest absolute Gasteiger partial charge is 0.480 e. The predicted octanol–water partition coefficient (Wildman–Crippen LogP) is 3.76. The standard InChI is InChI=1S/C24H20N2O6S/c27-23(28)14-25-15-33(30,31)20-11-7-17(8-12-20)16-5-9-19(10-6-16)26-24(29)22-13-18-3-1-2-4-21(18)32-22/h1-13,25H,14-15H2,(H,26,29)(H,27,28). The van der Waals surface area contributed by atoms with Gasteiger partial charge in [-0.3, -0.25) is 14.9 Å². The highest BCUT2D eigenvalue weighted by atomic mass is 32.2. The summed E-state index contributed by atoms with van der Waals surface area (Å²) in [7, 11) is -3.64. The second-order valence-electron chi connectivity index (χ2n) is 7.28. The maximum atomic E-state index is 12.5. The molecule has 9 heteroatoms. The molecule has 0 fully saturated rings. The number of anilines is 1. The smallest absolute Gasteiger partial charge is 0.317 e. The number of carbonyl (C=O) groups excluding carboxylic acids is 1. The number of benzene rings is 3. The van der Waals surface area contributed by atoms with Gasteiger partial charge in [-0.2, -0.15) is 0 Å². The van der Waals surface area contributed by atoms with Crippen molar-refractivity contribution in [2.24, 2.45) is 0 Å². The van der Waals surface area contributed by atoms with Gasteiger partial charge in [0.2, 0.25) is 0 Å². The Morgan fingerprint density at radius 1 is 0.879 bits per heavy atom. The molecule has 3 aromatic carbocycles. The van der Waals surface area contributed by atoms with Crippen LogP contribution in [0.25, 0.3) is 22.1 Å². The second kappa shape index (κ2) is 9.27. The van der Waals surface area contributed by atoms with E-state index in [0.29, 0.717) is 11.3 Å². The molecule has 0 atom stereocenters. The van der Waals surface area contributed by atoms with E-state index in [-0.39, 0.29) is 16.6 Å². The molecule has 33 heavy (non-hydrogen) atoms. The van der Waals surface area contributed by atoms with Gasteiger partial charge in [0.1, 0.15) is 11.5 Å². The number of hydrogen-bond donors (Lipinski definition) is 3. The lowest BCUT2D eigenvalue weighted by Gasteiger charge is -2.08. The van der Waals surface area contributed by atoms with Crippen LogP contribution < -0.4 is 10.6 Å². The van der Waals surface area contributed by atoms with Crippen LogP contribution in [0.4, 0.5) is 5.69 Å². The molecule has 0 spiro atoms. The third-order valence-electron chi connectivity index (χ3n) is 4.91. The molecule has 0 unspecified atom stereocenters. The van der Waals surface area contributed by atoms with Crippen molar-refractivity contribution in [3.8, 4) is 11.1 Å². The first-order chi connectivity index (χ1) is 15.8. The Kier molecular flexibility index (Phi) is 6.25. The highest BCUT2D eigenvalue weighted by Gasteiger charge is 2.15. The van der Waals surface area contributed by atoms with Crippen LogP contribution >= 0.6 is 0 Å². The monoisotopic (exact) mass is 464 g/mol. The van der Waals surface area contributed by atoms with Crippen LogP contribution in [-0.4, -0.2) is 37.8 Å². The molecule has 0 saturated heterocycles. The van der Waals surface area contributed by atoms with Gasteiger partial charge in [-0.05, 0) is 47.5 Å². The van der Waals surface area contributed by atoms with Gasteiger partial charge in [0.05, 0.1) is 11.4 Å². The van der Waals surface area contributed by atoms with E-state index in [1.54, 1.807) is 36.4 Å². The molecule has 3 N–H and O–H groups in total. The minimum absolute atomic E-state index is 0.0962. The number of nitrogens with one attached hydrogen (secondary N) is 2. The highest BCUT2D eigenvalue weighted by Crippen LogP contribution is 2.24. The second-order valence-corrected chi connectivity index (χ2v) is 9.27. The van der Waals surface area contributed by atoms with Gasteiger partial charge in [0.25, 0.3) is 5.91 Å².